The summed E-state index contributed by atoms with van der Waals surface area (Å²) in [6, 6.07) is 3.86. The van der Waals surface area contributed by atoms with E-state index in [2.05, 4.69) is 5.32 Å². The summed E-state index contributed by atoms with van der Waals surface area (Å²) in [6.45, 7) is 5.04. The number of hydrogen-bond acceptors (Lipinski definition) is 4. The molecule has 1 aromatic carbocycles. The number of rotatable bonds is 2. The van der Waals surface area contributed by atoms with Crippen molar-refractivity contribution in [3.8, 4) is 0 Å². The summed E-state index contributed by atoms with van der Waals surface area (Å²) in [5, 5.41) is 12.6. The van der Waals surface area contributed by atoms with Crippen molar-refractivity contribution < 1.29 is 23.8 Å². The topological polar surface area (TPSA) is 75.6 Å². The van der Waals surface area contributed by atoms with Crippen LogP contribution in [0.1, 0.15) is 45.6 Å². The molecule has 1 aromatic rings. The number of aliphatic hydroxyl groups excluding tert-OH is 1. The summed E-state index contributed by atoms with van der Waals surface area (Å²) in [7, 11) is 0. The van der Waals surface area contributed by atoms with Crippen LogP contribution < -0.4 is 5.32 Å². The summed E-state index contributed by atoms with van der Waals surface area (Å²) < 4.78 is 19.7. The summed E-state index contributed by atoms with van der Waals surface area (Å²) in [4.78, 5) is 24.9. The highest BCUT2D eigenvalue weighted by molar-refractivity contribution is 6.30. The highest BCUT2D eigenvalue weighted by atomic mass is 35.5. The molecule has 132 valence electrons. The third kappa shape index (κ3) is 3.87. The lowest BCUT2D eigenvalue weighted by molar-refractivity contribution is -0.138. The van der Waals surface area contributed by atoms with Gasteiger partial charge < -0.3 is 15.2 Å². The summed E-state index contributed by atoms with van der Waals surface area (Å²) in [5.74, 6) is -1.37. The van der Waals surface area contributed by atoms with Gasteiger partial charge in [0.15, 0.2) is 5.78 Å². The fourth-order valence-corrected chi connectivity index (χ4v) is 3.03. The highest BCUT2D eigenvalue weighted by Gasteiger charge is 2.49. The highest BCUT2D eigenvalue weighted by Crippen LogP contribution is 2.37. The van der Waals surface area contributed by atoms with Gasteiger partial charge in [-0.05, 0) is 52.2 Å². The molecule has 1 aliphatic carbocycles. The lowest BCUT2D eigenvalue weighted by atomic mass is 9.74. The fourth-order valence-electron chi connectivity index (χ4n) is 2.87. The van der Waals surface area contributed by atoms with E-state index >= 15 is 0 Å². The first-order chi connectivity index (χ1) is 11.0. The Balaban J connectivity index is 2.46. The van der Waals surface area contributed by atoms with Gasteiger partial charge in [0.25, 0.3) is 0 Å². The number of ketones is 1. The van der Waals surface area contributed by atoms with Gasteiger partial charge in [-0.15, -0.1) is 0 Å². The van der Waals surface area contributed by atoms with E-state index < -0.39 is 34.9 Å². The van der Waals surface area contributed by atoms with Crippen LogP contribution in [0.4, 0.5) is 9.18 Å². The molecule has 0 heterocycles. The van der Waals surface area contributed by atoms with Crippen LogP contribution in [0.15, 0.2) is 18.2 Å². The van der Waals surface area contributed by atoms with Crippen molar-refractivity contribution in [1.29, 1.82) is 0 Å². The van der Waals surface area contributed by atoms with Crippen molar-refractivity contribution in [3.05, 3.63) is 34.6 Å². The van der Waals surface area contributed by atoms with Gasteiger partial charge in [0.05, 0.1) is 0 Å². The monoisotopic (exact) mass is 357 g/mol. The number of benzene rings is 1. The number of Topliss-reactive ketones (excluding diaryl/α,β-unsaturated/α-hetero) is 1. The predicted molar refractivity (Wildman–Crippen MR) is 87.3 cm³/mol. The van der Waals surface area contributed by atoms with Gasteiger partial charge in [0, 0.05) is 10.6 Å². The minimum atomic E-state index is -1.67. The van der Waals surface area contributed by atoms with Gasteiger partial charge in [-0.3, -0.25) is 4.79 Å². The van der Waals surface area contributed by atoms with Gasteiger partial charge >= 0.3 is 6.09 Å². The van der Waals surface area contributed by atoms with E-state index in [4.69, 9.17) is 16.3 Å². The Bertz CT molecular complexity index is 658. The number of amides is 1. The standard InChI is InChI=1S/C17H21ClFNO4/c1-16(2,3)24-15(23)20-17(8-4-5-13(21)14(17)22)11-7-6-10(18)9-12(11)19/h6-7,9,13,21H,4-5,8H2,1-3H3,(H,20,23). The van der Waals surface area contributed by atoms with E-state index in [1.54, 1.807) is 20.8 Å². The maximum absolute atomic E-state index is 14.5. The number of carbonyl (C=O) groups excluding carboxylic acids is 2. The van der Waals surface area contributed by atoms with Crippen LogP contribution in [0.25, 0.3) is 0 Å². The van der Waals surface area contributed by atoms with Gasteiger partial charge in [-0.1, -0.05) is 17.7 Å². The van der Waals surface area contributed by atoms with E-state index in [-0.39, 0.29) is 23.4 Å². The molecule has 1 fully saturated rings. The average Bonchev–Trinajstić information content (AvgIpc) is 2.42. The second-order valence-electron chi connectivity index (χ2n) is 6.93. The zero-order valence-electron chi connectivity index (χ0n) is 13.9. The number of alkyl carbamates (subject to hydrolysis) is 1. The molecular weight excluding hydrogens is 337 g/mol. The van der Waals surface area contributed by atoms with Crippen LogP contribution in [0.3, 0.4) is 0 Å². The third-order valence-electron chi connectivity index (χ3n) is 3.86. The second-order valence-corrected chi connectivity index (χ2v) is 7.37. The maximum Gasteiger partial charge on any atom is 0.408 e. The molecule has 0 spiro atoms. The SMILES string of the molecule is CC(C)(C)OC(=O)NC1(c2ccc(Cl)cc2F)CCCC(O)C1=O. The van der Waals surface area contributed by atoms with E-state index in [9.17, 15) is 19.1 Å². The Morgan fingerprint density at radius 3 is 2.71 bits per heavy atom. The second kappa shape index (κ2) is 6.69. The number of ether oxygens (including phenoxy) is 1. The van der Waals surface area contributed by atoms with Gasteiger partial charge in [-0.25, -0.2) is 9.18 Å². The van der Waals surface area contributed by atoms with Crippen molar-refractivity contribution in [2.45, 2.75) is 57.3 Å². The Hall–Kier alpha value is -1.66. The number of carbonyl (C=O) groups is 2. The van der Waals surface area contributed by atoms with E-state index in [0.717, 1.165) is 6.07 Å². The Morgan fingerprint density at radius 1 is 1.46 bits per heavy atom. The molecule has 0 radical (unpaired) electrons. The van der Waals surface area contributed by atoms with Crippen molar-refractivity contribution in [3.63, 3.8) is 0 Å². The number of nitrogens with one attached hydrogen (secondary N) is 1. The lowest BCUT2D eigenvalue weighted by Crippen LogP contribution is -2.58. The Kier molecular flexibility index (Phi) is 5.20. The van der Waals surface area contributed by atoms with Crippen LogP contribution in [0.2, 0.25) is 5.02 Å². The minimum Gasteiger partial charge on any atom is -0.444 e. The molecule has 2 rings (SSSR count). The van der Waals surface area contributed by atoms with Crippen molar-refractivity contribution in [2.24, 2.45) is 0 Å². The molecule has 1 aliphatic rings. The smallest absolute Gasteiger partial charge is 0.408 e. The van der Waals surface area contributed by atoms with Crippen LogP contribution in [-0.4, -0.2) is 28.7 Å². The van der Waals surface area contributed by atoms with Crippen molar-refractivity contribution >= 4 is 23.5 Å². The van der Waals surface area contributed by atoms with Gasteiger partial charge in [0.2, 0.25) is 0 Å². The molecule has 5 nitrogen and oxygen atoms in total. The number of aliphatic hydroxyl groups is 1. The molecule has 0 saturated heterocycles. The van der Waals surface area contributed by atoms with Gasteiger partial charge in [0.1, 0.15) is 23.1 Å². The number of halogens is 2. The Morgan fingerprint density at radius 2 is 2.12 bits per heavy atom. The molecule has 2 unspecified atom stereocenters. The van der Waals surface area contributed by atoms with E-state index in [1.165, 1.54) is 12.1 Å². The minimum absolute atomic E-state index is 0.0264. The normalized spacial score (nSPS) is 24.6. The Labute approximate surface area is 145 Å². The first kappa shape index (κ1) is 18.7. The molecule has 2 N–H and O–H groups in total. The van der Waals surface area contributed by atoms with Crippen LogP contribution in [-0.2, 0) is 15.1 Å². The molecule has 0 aliphatic heterocycles. The summed E-state index contributed by atoms with van der Waals surface area (Å²) >= 11 is 5.77. The fraction of sp³-hybridized carbons (Fsp3) is 0.529. The largest absolute Gasteiger partial charge is 0.444 e. The first-order valence-electron chi connectivity index (χ1n) is 7.74. The molecule has 0 bridgehead atoms. The molecular formula is C17H21ClFNO4. The molecule has 0 aromatic heterocycles. The lowest BCUT2D eigenvalue weighted by Gasteiger charge is -2.39. The maximum atomic E-state index is 14.5. The summed E-state index contributed by atoms with van der Waals surface area (Å²) in [6.07, 6.45) is -1.24. The van der Waals surface area contributed by atoms with Crippen molar-refractivity contribution in [2.75, 3.05) is 0 Å². The zero-order chi connectivity index (χ0) is 18.1. The molecule has 1 saturated carbocycles. The average molecular weight is 358 g/mol. The predicted octanol–water partition coefficient (Wildman–Crippen LogP) is 3.31. The van der Waals surface area contributed by atoms with E-state index in [0.29, 0.717) is 6.42 Å². The van der Waals surface area contributed by atoms with Crippen LogP contribution in [0, 0.1) is 5.82 Å². The van der Waals surface area contributed by atoms with Gasteiger partial charge in [-0.2, -0.15) is 0 Å². The van der Waals surface area contributed by atoms with E-state index in [1.807, 2.05) is 0 Å². The first-order valence-corrected chi connectivity index (χ1v) is 8.12. The van der Waals surface area contributed by atoms with Crippen LogP contribution >= 0.6 is 11.6 Å². The molecule has 2 atom stereocenters. The molecule has 7 heteroatoms. The van der Waals surface area contributed by atoms with Crippen molar-refractivity contribution in [1.82, 2.24) is 5.32 Å². The third-order valence-corrected chi connectivity index (χ3v) is 4.09. The molecule has 1 amide bonds. The number of hydrogen-bond donors (Lipinski definition) is 2. The quantitative estimate of drug-likeness (QED) is 0.851. The summed E-state index contributed by atoms with van der Waals surface area (Å²) in [5.41, 5.74) is -2.48. The van der Waals surface area contributed by atoms with Crippen LogP contribution in [0.5, 0.6) is 0 Å². The molecule has 24 heavy (non-hydrogen) atoms. The zero-order valence-corrected chi connectivity index (χ0v) is 14.6.